The number of piperidine rings is 1. The van der Waals surface area contributed by atoms with Crippen LogP contribution in [0.1, 0.15) is 39.0 Å². The molecule has 2 heterocycles. The topological polar surface area (TPSA) is 32.8 Å². The number of nitrogens with zero attached hydrogens (tertiary/aromatic N) is 2. The van der Waals surface area contributed by atoms with Gasteiger partial charge in [-0.3, -0.25) is 0 Å². The second kappa shape index (κ2) is 5.91. The van der Waals surface area contributed by atoms with E-state index in [-0.39, 0.29) is 6.09 Å². The average molecular weight is 254 g/mol. The van der Waals surface area contributed by atoms with Crippen LogP contribution in [0.4, 0.5) is 4.79 Å². The molecule has 2 fully saturated rings. The first-order valence-corrected chi connectivity index (χ1v) is 7.25. The van der Waals surface area contributed by atoms with E-state index in [1.165, 1.54) is 19.5 Å². The maximum atomic E-state index is 11.8. The molecule has 0 aromatic carbocycles. The van der Waals surface area contributed by atoms with Crippen molar-refractivity contribution in [1.29, 1.82) is 0 Å². The molecular weight excluding hydrogens is 228 g/mol. The van der Waals surface area contributed by atoms with Crippen molar-refractivity contribution in [2.45, 2.75) is 39.0 Å². The third kappa shape index (κ3) is 3.16. The molecule has 4 heteroatoms. The normalized spacial score (nSPS) is 23.6. The number of carbonyl (C=O) groups is 1. The molecule has 1 amide bonds. The number of amides is 1. The fourth-order valence-electron chi connectivity index (χ4n) is 3.13. The number of rotatable bonds is 3. The number of unbranched alkanes of at least 4 members (excludes halogenated alkanes) is 1. The summed E-state index contributed by atoms with van der Waals surface area (Å²) < 4.78 is 5.27. The Morgan fingerprint density at radius 2 is 1.89 bits per heavy atom. The zero-order valence-electron chi connectivity index (χ0n) is 11.8. The van der Waals surface area contributed by atoms with Crippen molar-refractivity contribution >= 4 is 6.09 Å². The van der Waals surface area contributed by atoms with Crippen LogP contribution in [0.15, 0.2) is 0 Å². The standard InChI is InChI=1S/C14H26N2O2/c1-3-4-11-18-13(17)16-9-6-14(7-10-16)5-8-15(2)12-14/h3-12H2,1-2H3. The summed E-state index contributed by atoms with van der Waals surface area (Å²) in [6.07, 6.45) is 5.50. The summed E-state index contributed by atoms with van der Waals surface area (Å²) in [7, 11) is 2.19. The smallest absolute Gasteiger partial charge is 0.409 e. The molecule has 0 N–H and O–H groups in total. The summed E-state index contributed by atoms with van der Waals surface area (Å²) in [5.74, 6) is 0. The zero-order valence-corrected chi connectivity index (χ0v) is 11.8. The van der Waals surface area contributed by atoms with Crippen molar-refractivity contribution < 1.29 is 9.53 Å². The number of hydrogen-bond acceptors (Lipinski definition) is 3. The molecule has 0 unspecified atom stereocenters. The summed E-state index contributed by atoms with van der Waals surface area (Å²) in [6.45, 7) is 6.83. The molecule has 0 atom stereocenters. The molecule has 2 aliphatic heterocycles. The molecule has 1 spiro atoms. The molecule has 0 radical (unpaired) electrons. The highest BCUT2D eigenvalue weighted by Gasteiger charge is 2.40. The van der Waals surface area contributed by atoms with Gasteiger partial charge in [-0.25, -0.2) is 4.79 Å². The van der Waals surface area contributed by atoms with E-state index in [9.17, 15) is 4.79 Å². The Balaban J connectivity index is 1.74. The predicted molar refractivity (Wildman–Crippen MR) is 71.6 cm³/mol. The molecule has 0 aliphatic carbocycles. The van der Waals surface area contributed by atoms with E-state index in [4.69, 9.17) is 4.74 Å². The molecule has 104 valence electrons. The molecule has 0 aromatic heterocycles. The van der Waals surface area contributed by atoms with Gasteiger partial charge in [0.1, 0.15) is 0 Å². The first-order chi connectivity index (χ1) is 8.65. The Labute approximate surface area is 110 Å². The van der Waals surface area contributed by atoms with E-state index >= 15 is 0 Å². The van der Waals surface area contributed by atoms with Crippen LogP contribution in [0.2, 0.25) is 0 Å². The van der Waals surface area contributed by atoms with Crippen LogP contribution in [0, 0.1) is 5.41 Å². The lowest BCUT2D eigenvalue weighted by Crippen LogP contribution is -2.44. The van der Waals surface area contributed by atoms with Crippen molar-refractivity contribution in [3.8, 4) is 0 Å². The number of carbonyl (C=O) groups excluding carboxylic acids is 1. The van der Waals surface area contributed by atoms with Crippen molar-refractivity contribution in [2.24, 2.45) is 5.41 Å². The fraction of sp³-hybridized carbons (Fsp3) is 0.929. The Morgan fingerprint density at radius 3 is 2.44 bits per heavy atom. The minimum atomic E-state index is -0.107. The second-order valence-corrected chi connectivity index (χ2v) is 5.94. The van der Waals surface area contributed by atoms with E-state index in [1.54, 1.807) is 0 Å². The van der Waals surface area contributed by atoms with E-state index in [2.05, 4.69) is 18.9 Å². The maximum Gasteiger partial charge on any atom is 0.409 e. The van der Waals surface area contributed by atoms with Gasteiger partial charge in [0.05, 0.1) is 6.61 Å². The van der Waals surface area contributed by atoms with E-state index < -0.39 is 0 Å². The summed E-state index contributed by atoms with van der Waals surface area (Å²) in [5, 5.41) is 0. The number of likely N-dealkylation sites (tertiary alicyclic amines) is 2. The van der Waals surface area contributed by atoms with Crippen molar-refractivity contribution in [3.05, 3.63) is 0 Å². The molecule has 4 nitrogen and oxygen atoms in total. The van der Waals surface area contributed by atoms with Crippen LogP contribution in [0.5, 0.6) is 0 Å². The lowest BCUT2D eigenvalue weighted by molar-refractivity contribution is 0.0674. The van der Waals surface area contributed by atoms with Gasteiger partial charge in [0, 0.05) is 19.6 Å². The Hall–Kier alpha value is -0.770. The van der Waals surface area contributed by atoms with Crippen LogP contribution in [-0.4, -0.2) is 55.7 Å². The average Bonchev–Trinajstić information content (AvgIpc) is 2.72. The highest BCUT2D eigenvalue weighted by Crippen LogP contribution is 2.39. The first kappa shape index (κ1) is 13.7. The summed E-state index contributed by atoms with van der Waals surface area (Å²) >= 11 is 0. The summed E-state index contributed by atoms with van der Waals surface area (Å²) in [4.78, 5) is 16.1. The molecule has 0 bridgehead atoms. The van der Waals surface area contributed by atoms with Crippen molar-refractivity contribution in [3.63, 3.8) is 0 Å². The SMILES string of the molecule is CCCCOC(=O)N1CCC2(CCN(C)C2)CC1. The highest BCUT2D eigenvalue weighted by atomic mass is 16.6. The number of hydrogen-bond donors (Lipinski definition) is 0. The Morgan fingerprint density at radius 1 is 1.22 bits per heavy atom. The molecule has 2 rings (SSSR count). The minimum absolute atomic E-state index is 0.107. The third-order valence-corrected chi connectivity index (χ3v) is 4.43. The van der Waals surface area contributed by atoms with E-state index in [0.717, 1.165) is 38.8 Å². The largest absolute Gasteiger partial charge is 0.449 e. The number of ether oxygens (including phenoxy) is 1. The first-order valence-electron chi connectivity index (χ1n) is 7.25. The van der Waals surface area contributed by atoms with Crippen LogP contribution in [0.25, 0.3) is 0 Å². The van der Waals surface area contributed by atoms with Gasteiger partial charge in [-0.2, -0.15) is 0 Å². The summed E-state index contributed by atoms with van der Waals surface area (Å²) in [5.41, 5.74) is 0.481. The maximum absolute atomic E-state index is 11.8. The zero-order chi connectivity index (χ0) is 13.0. The van der Waals surface area contributed by atoms with Gasteiger partial charge >= 0.3 is 6.09 Å². The second-order valence-electron chi connectivity index (χ2n) is 5.94. The molecule has 2 aliphatic rings. The van der Waals surface area contributed by atoms with Gasteiger partial charge in [0.2, 0.25) is 0 Å². The molecule has 0 aromatic rings. The Kier molecular flexibility index (Phi) is 4.49. The van der Waals surface area contributed by atoms with Crippen LogP contribution in [-0.2, 0) is 4.74 Å². The lowest BCUT2D eigenvalue weighted by Gasteiger charge is -2.38. The molecule has 2 saturated heterocycles. The monoisotopic (exact) mass is 254 g/mol. The molecule has 18 heavy (non-hydrogen) atoms. The van der Waals surface area contributed by atoms with Crippen molar-refractivity contribution in [2.75, 3.05) is 39.8 Å². The van der Waals surface area contributed by atoms with Gasteiger partial charge in [0.25, 0.3) is 0 Å². The van der Waals surface area contributed by atoms with Crippen molar-refractivity contribution in [1.82, 2.24) is 9.80 Å². The van der Waals surface area contributed by atoms with E-state index in [1.807, 2.05) is 4.90 Å². The van der Waals surface area contributed by atoms with Gasteiger partial charge < -0.3 is 14.5 Å². The fourth-order valence-corrected chi connectivity index (χ4v) is 3.13. The van der Waals surface area contributed by atoms with Gasteiger partial charge in [-0.05, 0) is 44.7 Å². The Bertz CT molecular complexity index is 286. The predicted octanol–water partition coefficient (Wildman–Crippen LogP) is 2.34. The van der Waals surface area contributed by atoms with E-state index in [0.29, 0.717) is 12.0 Å². The van der Waals surface area contributed by atoms with Crippen LogP contribution >= 0.6 is 0 Å². The summed E-state index contributed by atoms with van der Waals surface area (Å²) in [6, 6.07) is 0. The lowest BCUT2D eigenvalue weighted by atomic mass is 9.78. The van der Waals surface area contributed by atoms with Crippen LogP contribution < -0.4 is 0 Å². The van der Waals surface area contributed by atoms with Crippen LogP contribution in [0.3, 0.4) is 0 Å². The highest BCUT2D eigenvalue weighted by molar-refractivity contribution is 5.67. The van der Waals surface area contributed by atoms with Gasteiger partial charge in [0.15, 0.2) is 0 Å². The molecule has 0 saturated carbocycles. The minimum Gasteiger partial charge on any atom is -0.449 e. The molecular formula is C14H26N2O2. The van der Waals surface area contributed by atoms with Gasteiger partial charge in [-0.1, -0.05) is 13.3 Å². The van der Waals surface area contributed by atoms with Gasteiger partial charge in [-0.15, -0.1) is 0 Å². The quantitative estimate of drug-likeness (QED) is 0.725. The third-order valence-electron chi connectivity index (χ3n) is 4.43.